The number of aryl methyl sites for hydroxylation is 1. The fourth-order valence-corrected chi connectivity index (χ4v) is 5.39. The van der Waals surface area contributed by atoms with Gasteiger partial charge in [0.25, 0.3) is 5.91 Å². The Kier molecular flexibility index (Phi) is 7.80. The van der Waals surface area contributed by atoms with E-state index in [1.165, 1.54) is 33.0 Å². The Labute approximate surface area is 225 Å². The van der Waals surface area contributed by atoms with Crippen LogP contribution >= 0.6 is 0 Å². The van der Waals surface area contributed by atoms with E-state index >= 15 is 4.39 Å². The normalized spacial score (nSPS) is 16.3. The number of fused-ring (bicyclic) bond motifs is 1. The standard InChI is InChI=1S/C27H33FN6O5/c1-16(17-9-5-4-6-10-17)39-21-14-20(34-27(36)33-12-8-7-11-22(33)32-34)19(28)13-18(21)24(35)31-23-25(37-2)29-15-30-26(23)38-3/h13-17H,4-12H2,1-3H3,(H,31,35)/t16-/m0/s1. The molecule has 1 N–H and O–H groups in total. The average Bonchev–Trinajstić information content (AvgIpc) is 3.30. The molecule has 1 amide bonds. The van der Waals surface area contributed by atoms with E-state index < -0.39 is 17.4 Å². The third kappa shape index (κ3) is 5.32. The zero-order chi connectivity index (χ0) is 27.5. The highest BCUT2D eigenvalue weighted by Crippen LogP contribution is 2.34. The maximum atomic E-state index is 15.6. The average molecular weight is 541 g/mol. The first-order valence-corrected chi connectivity index (χ1v) is 13.3. The van der Waals surface area contributed by atoms with Crippen molar-refractivity contribution in [2.75, 3.05) is 19.5 Å². The molecule has 39 heavy (non-hydrogen) atoms. The summed E-state index contributed by atoms with van der Waals surface area (Å²) in [6.07, 6.45) is 8.89. The number of hydrogen-bond donors (Lipinski definition) is 1. The van der Waals surface area contributed by atoms with E-state index in [0.29, 0.717) is 24.7 Å². The summed E-state index contributed by atoms with van der Waals surface area (Å²) in [4.78, 5) is 34.7. The van der Waals surface area contributed by atoms with Crippen LogP contribution in [0.2, 0.25) is 0 Å². The Morgan fingerprint density at radius 1 is 1.08 bits per heavy atom. The van der Waals surface area contributed by atoms with Gasteiger partial charge in [0.15, 0.2) is 5.69 Å². The number of benzene rings is 1. The number of amides is 1. The summed E-state index contributed by atoms with van der Waals surface area (Å²) in [5.74, 6) is -0.217. The van der Waals surface area contributed by atoms with Crippen molar-refractivity contribution in [1.29, 1.82) is 0 Å². The molecule has 5 rings (SSSR count). The van der Waals surface area contributed by atoms with Gasteiger partial charge in [0.2, 0.25) is 11.8 Å². The summed E-state index contributed by atoms with van der Waals surface area (Å²) in [5.41, 5.74) is -0.435. The summed E-state index contributed by atoms with van der Waals surface area (Å²) in [6, 6.07) is 2.46. The van der Waals surface area contributed by atoms with Crippen molar-refractivity contribution in [3.63, 3.8) is 0 Å². The Morgan fingerprint density at radius 3 is 2.46 bits per heavy atom. The van der Waals surface area contributed by atoms with Gasteiger partial charge in [-0.15, -0.1) is 5.10 Å². The number of aromatic nitrogens is 5. The van der Waals surface area contributed by atoms with Crippen LogP contribution in [0.4, 0.5) is 10.1 Å². The van der Waals surface area contributed by atoms with Crippen LogP contribution in [-0.4, -0.2) is 50.5 Å². The summed E-state index contributed by atoms with van der Waals surface area (Å²) in [7, 11) is 2.79. The molecule has 0 saturated heterocycles. The van der Waals surface area contributed by atoms with Crippen LogP contribution in [0.15, 0.2) is 23.3 Å². The van der Waals surface area contributed by atoms with E-state index in [-0.39, 0.29) is 40.6 Å². The quantitative estimate of drug-likeness (QED) is 0.456. The Hall–Kier alpha value is -3.96. The molecule has 11 nitrogen and oxygen atoms in total. The fraction of sp³-hybridized carbons (Fsp3) is 0.519. The Bertz CT molecular complexity index is 1390. The highest BCUT2D eigenvalue weighted by Gasteiger charge is 2.28. The predicted molar refractivity (Wildman–Crippen MR) is 140 cm³/mol. The predicted octanol–water partition coefficient (Wildman–Crippen LogP) is 3.92. The minimum absolute atomic E-state index is 0.0520. The maximum Gasteiger partial charge on any atom is 0.350 e. The molecular weight excluding hydrogens is 507 g/mol. The molecule has 1 saturated carbocycles. The molecule has 1 atom stereocenters. The van der Waals surface area contributed by atoms with Gasteiger partial charge in [-0.1, -0.05) is 19.3 Å². The fourth-order valence-electron chi connectivity index (χ4n) is 5.39. The zero-order valence-electron chi connectivity index (χ0n) is 22.4. The molecule has 0 bridgehead atoms. The van der Waals surface area contributed by atoms with Crippen LogP contribution in [-0.2, 0) is 13.0 Å². The van der Waals surface area contributed by atoms with Crippen molar-refractivity contribution in [2.24, 2.45) is 5.92 Å². The lowest BCUT2D eigenvalue weighted by molar-refractivity contribution is 0.0996. The second kappa shape index (κ2) is 11.4. The van der Waals surface area contributed by atoms with Crippen molar-refractivity contribution in [1.82, 2.24) is 24.3 Å². The zero-order valence-corrected chi connectivity index (χ0v) is 22.4. The molecular formula is C27H33FN6O5. The Balaban J connectivity index is 1.56. The third-order valence-electron chi connectivity index (χ3n) is 7.52. The topological polar surface area (TPSA) is 122 Å². The van der Waals surface area contributed by atoms with Crippen molar-refractivity contribution in [3.8, 4) is 23.2 Å². The number of nitrogens with one attached hydrogen (secondary N) is 1. The van der Waals surface area contributed by atoms with Gasteiger partial charge in [-0.05, 0) is 44.6 Å². The number of rotatable bonds is 8. The maximum absolute atomic E-state index is 15.6. The van der Waals surface area contributed by atoms with Gasteiger partial charge in [0.05, 0.1) is 25.9 Å². The molecule has 12 heteroatoms. The molecule has 1 aliphatic carbocycles. The van der Waals surface area contributed by atoms with Crippen LogP contribution in [0.3, 0.4) is 0 Å². The molecule has 2 aliphatic rings. The lowest BCUT2D eigenvalue weighted by Crippen LogP contribution is -2.28. The highest BCUT2D eigenvalue weighted by molar-refractivity contribution is 6.07. The summed E-state index contributed by atoms with van der Waals surface area (Å²) in [5, 5.41) is 7.08. The van der Waals surface area contributed by atoms with Gasteiger partial charge in [-0.2, -0.15) is 14.6 Å². The molecule has 0 unspecified atom stereocenters. The van der Waals surface area contributed by atoms with Crippen molar-refractivity contribution in [2.45, 2.75) is 70.9 Å². The van der Waals surface area contributed by atoms with Gasteiger partial charge in [-0.3, -0.25) is 9.36 Å². The van der Waals surface area contributed by atoms with Crippen molar-refractivity contribution < 1.29 is 23.4 Å². The number of carbonyl (C=O) groups is 1. The van der Waals surface area contributed by atoms with Crippen LogP contribution in [0.25, 0.3) is 5.69 Å². The number of hydrogen-bond acceptors (Lipinski definition) is 8. The van der Waals surface area contributed by atoms with E-state index in [9.17, 15) is 9.59 Å². The van der Waals surface area contributed by atoms with Gasteiger partial charge in [-0.25, -0.2) is 9.18 Å². The summed E-state index contributed by atoms with van der Waals surface area (Å²) >= 11 is 0. The summed E-state index contributed by atoms with van der Waals surface area (Å²) in [6.45, 7) is 2.50. The monoisotopic (exact) mass is 540 g/mol. The Morgan fingerprint density at radius 2 is 1.79 bits per heavy atom. The molecule has 1 aromatic carbocycles. The van der Waals surface area contributed by atoms with E-state index in [1.54, 1.807) is 4.57 Å². The van der Waals surface area contributed by atoms with Crippen LogP contribution < -0.4 is 25.2 Å². The van der Waals surface area contributed by atoms with Crippen LogP contribution in [0.1, 0.15) is 68.1 Å². The molecule has 1 fully saturated rings. The van der Waals surface area contributed by atoms with Gasteiger partial charge < -0.3 is 19.5 Å². The van der Waals surface area contributed by atoms with E-state index in [1.807, 2.05) is 6.92 Å². The second-order valence-electron chi connectivity index (χ2n) is 9.96. The number of ether oxygens (including phenoxy) is 3. The molecule has 3 heterocycles. The molecule has 1 aliphatic heterocycles. The van der Waals surface area contributed by atoms with E-state index in [2.05, 4.69) is 20.4 Å². The van der Waals surface area contributed by atoms with Crippen LogP contribution in [0.5, 0.6) is 17.5 Å². The number of nitrogens with zero attached hydrogens (tertiary/aromatic N) is 5. The smallest absolute Gasteiger partial charge is 0.350 e. The van der Waals surface area contributed by atoms with Crippen LogP contribution in [0, 0.1) is 11.7 Å². The first-order valence-electron chi connectivity index (χ1n) is 13.3. The second-order valence-corrected chi connectivity index (χ2v) is 9.96. The van der Waals surface area contributed by atoms with Gasteiger partial charge >= 0.3 is 5.69 Å². The summed E-state index contributed by atoms with van der Waals surface area (Å²) < 4.78 is 35.1. The van der Waals surface area contributed by atoms with E-state index in [4.69, 9.17) is 14.2 Å². The molecule has 2 aromatic heterocycles. The largest absolute Gasteiger partial charge is 0.490 e. The number of carbonyl (C=O) groups excluding carboxylic acids is 1. The number of halogens is 1. The SMILES string of the molecule is COc1ncnc(OC)c1NC(=O)c1cc(F)c(-n2nc3n(c2=O)CCCC3)cc1O[C@@H](C)C1CCCCC1. The van der Waals surface area contributed by atoms with Gasteiger partial charge in [0.1, 0.15) is 29.4 Å². The minimum Gasteiger partial charge on any atom is -0.490 e. The molecule has 0 spiro atoms. The highest BCUT2D eigenvalue weighted by atomic mass is 19.1. The third-order valence-corrected chi connectivity index (χ3v) is 7.52. The lowest BCUT2D eigenvalue weighted by atomic mass is 9.86. The first-order chi connectivity index (χ1) is 18.9. The van der Waals surface area contributed by atoms with Crippen molar-refractivity contribution in [3.05, 3.63) is 46.1 Å². The molecule has 0 radical (unpaired) electrons. The van der Waals surface area contributed by atoms with Crippen molar-refractivity contribution >= 4 is 11.6 Å². The van der Waals surface area contributed by atoms with E-state index in [0.717, 1.165) is 49.3 Å². The minimum atomic E-state index is -0.779. The van der Waals surface area contributed by atoms with Gasteiger partial charge in [0, 0.05) is 19.0 Å². The number of anilines is 1. The lowest BCUT2D eigenvalue weighted by Gasteiger charge is -2.29. The number of methoxy groups -OCH3 is 2. The molecule has 3 aromatic rings. The first kappa shape index (κ1) is 26.6. The molecule has 208 valence electrons.